The zero-order chi connectivity index (χ0) is 14.8. The maximum absolute atomic E-state index is 12.2. The smallest absolute Gasteiger partial charge is 0.224 e. The Morgan fingerprint density at radius 3 is 2.75 bits per heavy atom. The number of aromatic nitrogens is 1. The van der Waals surface area contributed by atoms with Crippen molar-refractivity contribution in [3.63, 3.8) is 0 Å². The lowest BCUT2D eigenvalue weighted by Crippen LogP contribution is -2.29. The first-order chi connectivity index (χ1) is 9.43. The van der Waals surface area contributed by atoms with Crippen LogP contribution in [0.25, 0.3) is 0 Å². The molecular formula is C17H24N2O. The molecule has 3 heteroatoms. The SMILES string of the molecule is CC(C)=C[C@H]1[C@H](C(=O)NCCc2ccccn2)C1(C)C. The van der Waals surface area contributed by atoms with E-state index in [1.54, 1.807) is 6.20 Å². The lowest BCUT2D eigenvalue weighted by atomic mass is 10.1. The molecule has 108 valence electrons. The molecule has 1 N–H and O–H groups in total. The largest absolute Gasteiger partial charge is 0.355 e. The number of rotatable bonds is 5. The van der Waals surface area contributed by atoms with Gasteiger partial charge in [0.15, 0.2) is 0 Å². The molecule has 0 unspecified atom stereocenters. The molecule has 1 heterocycles. The summed E-state index contributed by atoms with van der Waals surface area (Å²) >= 11 is 0. The predicted octanol–water partition coefficient (Wildman–Crippen LogP) is 2.98. The summed E-state index contributed by atoms with van der Waals surface area (Å²) < 4.78 is 0. The summed E-state index contributed by atoms with van der Waals surface area (Å²) in [6.07, 6.45) is 4.79. The summed E-state index contributed by atoms with van der Waals surface area (Å²) in [6.45, 7) is 9.17. The van der Waals surface area contributed by atoms with Crippen LogP contribution in [-0.2, 0) is 11.2 Å². The van der Waals surface area contributed by atoms with E-state index in [1.165, 1.54) is 5.57 Å². The molecule has 1 saturated carbocycles. The van der Waals surface area contributed by atoms with Gasteiger partial charge in [0, 0.05) is 24.9 Å². The topological polar surface area (TPSA) is 42.0 Å². The van der Waals surface area contributed by atoms with E-state index in [9.17, 15) is 4.79 Å². The van der Waals surface area contributed by atoms with Crippen LogP contribution in [0.5, 0.6) is 0 Å². The van der Waals surface area contributed by atoms with Crippen molar-refractivity contribution in [3.05, 3.63) is 41.7 Å². The summed E-state index contributed by atoms with van der Waals surface area (Å²) in [6, 6.07) is 5.86. The number of hydrogen-bond donors (Lipinski definition) is 1. The molecule has 0 spiro atoms. The Kier molecular flexibility index (Phi) is 4.26. The second-order valence-corrected chi connectivity index (χ2v) is 6.43. The summed E-state index contributed by atoms with van der Waals surface area (Å²) in [5, 5.41) is 3.04. The molecule has 0 aliphatic heterocycles. The molecule has 0 aromatic carbocycles. The Hall–Kier alpha value is -1.64. The van der Waals surface area contributed by atoms with Gasteiger partial charge in [-0.15, -0.1) is 0 Å². The minimum absolute atomic E-state index is 0.0896. The highest BCUT2D eigenvalue weighted by Crippen LogP contribution is 2.59. The number of carbonyl (C=O) groups excluding carboxylic acids is 1. The molecule has 2 rings (SSSR count). The molecule has 1 aromatic heterocycles. The third-order valence-corrected chi connectivity index (χ3v) is 4.11. The standard InChI is InChI=1S/C17H24N2O/c1-12(2)11-14-15(17(14,3)4)16(20)19-10-8-13-7-5-6-9-18-13/h5-7,9,11,14-15H,8,10H2,1-4H3,(H,19,20)/t14-,15+/m0/s1. The number of nitrogens with one attached hydrogen (secondary N) is 1. The highest BCUT2D eigenvalue weighted by Gasteiger charge is 2.60. The second-order valence-electron chi connectivity index (χ2n) is 6.43. The Morgan fingerprint density at radius 1 is 1.40 bits per heavy atom. The van der Waals surface area contributed by atoms with Crippen LogP contribution >= 0.6 is 0 Å². The maximum atomic E-state index is 12.2. The number of nitrogens with zero attached hydrogens (tertiary/aromatic N) is 1. The zero-order valence-electron chi connectivity index (χ0n) is 12.8. The molecule has 1 aliphatic rings. The Balaban J connectivity index is 1.83. The molecule has 1 aliphatic carbocycles. The average molecular weight is 272 g/mol. The van der Waals surface area contributed by atoms with Crippen LogP contribution in [0.1, 0.15) is 33.4 Å². The van der Waals surface area contributed by atoms with E-state index in [0.717, 1.165) is 12.1 Å². The van der Waals surface area contributed by atoms with Gasteiger partial charge in [-0.3, -0.25) is 9.78 Å². The van der Waals surface area contributed by atoms with Crippen LogP contribution in [-0.4, -0.2) is 17.4 Å². The van der Waals surface area contributed by atoms with Gasteiger partial charge in [-0.25, -0.2) is 0 Å². The average Bonchev–Trinajstić information content (AvgIpc) is 2.91. The van der Waals surface area contributed by atoms with Crippen LogP contribution in [0, 0.1) is 17.3 Å². The van der Waals surface area contributed by atoms with Crippen molar-refractivity contribution in [2.45, 2.75) is 34.1 Å². The van der Waals surface area contributed by atoms with Gasteiger partial charge in [-0.1, -0.05) is 31.6 Å². The van der Waals surface area contributed by atoms with Crippen LogP contribution in [0.2, 0.25) is 0 Å². The molecule has 1 fully saturated rings. The van der Waals surface area contributed by atoms with Gasteiger partial charge >= 0.3 is 0 Å². The minimum atomic E-state index is 0.0896. The Bertz CT molecular complexity index is 501. The van der Waals surface area contributed by atoms with E-state index < -0.39 is 0 Å². The molecule has 0 saturated heterocycles. The first kappa shape index (κ1) is 14.8. The third kappa shape index (κ3) is 3.27. The monoisotopic (exact) mass is 272 g/mol. The van der Waals surface area contributed by atoms with Crippen molar-refractivity contribution >= 4 is 5.91 Å². The number of hydrogen-bond acceptors (Lipinski definition) is 2. The lowest BCUT2D eigenvalue weighted by molar-refractivity contribution is -0.123. The molecule has 1 aromatic rings. The fraction of sp³-hybridized carbons (Fsp3) is 0.529. The quantitative estimate of drug-likeness (QED) is 0.837. The van der Waals surface area contributed by atoms with Gasteiger partial charge in [-0.05, 0) is 37.3 Å². The van der Waals surface area contributed by atoms with Crippen molar-refractivity contribution in [2.24, 2.45) is 17.3 Å². The van der Waals surface area contributed by atoms with E-state index in [4.69, 9.17) is 0 Å². The summed E-state index contributed by atoms with van der Waals surface area (Å²) in [5.41, 5.74) is 2.39. The number of amides is 1. The minimum Gasteiger partial charge on any atom is -0.355 e. The Labute approximate surface area is 121 Å². The van der Waals surface area contributed by atoms with E-state index in [0.29, 0.717) is 12.5 Å². The summed E-state index contributed by atoms with van der Waals surface area (Å²) in [5.74, 6) is 0.664. The molecule has 0 radical (unpaired) electrons. The van der Waals surface area contributed by atoms with Gasteiger partial charge in [0.05, 0.1) is 5.92 Å². The van der Waals surface area contributed by atoms with E-state index >= 15 is 0 Å². The number of pyridine rings is 1. The normalized spacial score (nSPS) is 23.0. The number of allylic oxidation sites excluding steroid dienone is 2. The van der Waals surface area contributed by atoms with E-state index in [1.807, 2.05) is 18.2 Å². The van der Waals surface area contributed by atoms with Gasteiger partial charge in [0.25, 0.3) is 0 Å². The Morgan fingerprint density at radius 2 is 2.15 bits per heavy atom. The van der Waals surface area contributed by atoms with Crippen LogP contribution in [0.4, 0.5) is 0 Å². The van der Waals surface area contributed by atoms with Crippen molar-refractivity contribution in [2.75, 3.05) is 6.54 Å². The van der Waals surface area contributed by atoms with E-state index in [2.05, 4.69) is 44.1 Å². The maximum Gasteiger partial charge on any atom is 0.224 e. The fourth-order valence-electron chi connectivity index (χ4n) is 2.82. The van der Waals surface area contributed by atoms with E-state index in [-0.39, 0.29) is 17.2 Å². The summed E-state index contributed by atoms with van der Waals surface area (Å²) in [7, 11) is 0. The molecule has 0 bridgehead atoms. The second kappa shape index (κ2) is 5.78. The van der Waals surface area contributed by atoms with Crippen molar-refractivity contribution < 1.29 is 4.79 Å². The lowest BCUT2D eigenvalue weighted by Gasteiger charge is -2.05. The number of carbonyl (C=O) groups is 1. The molecule has 20 heavy (non-hydrogen) atoms. The third-order valence-electron chi connectivity index (χ3n) is 4.11. The van der Waals surface area contributed by atoms with Crippen molar-refractivity contribution in [3.8, 4) is 0 Å². The van der Waals surface area contributed by atoms with Gasteiger partial charge in [0.1, 0.15) is 0 Å². The zero-order valence-corrected chi connectivity index (χ0v) is 12.8. The van der Waals surface area contributed by atoms with Crippen LogP contribution < -0.4 is 5.32 Å². The first-order valence-corrected chi connectivity index (χ1v) is 7.25. The molecule has 3 nitrogen and oxygen atoms in total. The van der Waals surface area contributed by atoms with Crippen molar-refractivity contribution in [1.82, 2.24) is 10.3 Å². The van der Waals surface area contributed by atoms with Crippen molar-refractivity contribution in [1.29, 1.82) is 0 Å². The molecule has 2 atom stereocenters. The van der Waals surface area contributed by atoms with Gasteiger partial charge < -0.3 is 5.32 Å². The van der Waals surface area contributed by atoms with Crippen LogP contribution in [0.15, 0.2) is 36.0 Å². The highest BCUT2D eigenvalue weighted by atomic mass is 16.2. The predicted molar refractivity (Wildman–Crippen MR) is 81.1 cm³/mol. The highest BCUT2D eigenvalue weighted by molar-refractivity contribution is 5.83. The summed E-state index contributed by atoms with van der Waals surface area (Å²) in [4.78, 5) is 16.5. The first-order valence-electron chi connectivity index (χ1n) is 7.25. The molecule has 1 amide bonds. The van der Waals surface area contributed by atoms with Gasteiger partial charge in [0.2, 0.25) is 5.91 Å². The van der Waals surface area contributed by atoms with Gasteiger partial charge in [-0.2, -0.15) is 0 Å². The van der Waals surface area contributed by atoms with Crippen LogP contribution in [0.3, 0.4) is 0 Å². The molecular weight excluding hydrogens is 248 g/mol. The fourth-order valence-corrected chi connectivity index (χ4v) is 2.82.